The lowest BCUT2D eigenvalue weighted by Crippen LogP contribution is -2.43. The van der Waals surface area contributed by atoms with E-state index in [9.17, 15) is 14.8 Å². The monoisotopic (exact) mass is 319 g/mol. The highest BCUT2D eigenvalue weighted by atomic mass is 16.8. The van der Waals surface area contributed by atoms with E-state index in [0.717, 1.165) is 5.01 Å². The summed E-state index contributed by atoms with van der Waals surface area (Å²) in [5.74, 6) is -1.87. The number of hydrazine groups is 1. The molecule has 0 bridgehead atoms. The third-order valence-corrected chi connectivity index (χ3v) is 2.72. The standard InChI is InChI=1S/C13H25N3O6/c1-8(2)7-11(12(17)18)15(6)16(20)14-22-10(5)21-13(19)9(3)4/h8-11H,7H2,1-6H3,(H,17,18)/b16-14-/t10?,11-/m0/s1. The van der Waals surface area contributed by atoms with Gasteiger partial charge in [-0.15, -0.1) is 5.01 Å². The Morgan fingerprint density at radius 2 is 1.82 bits per heavy atom. The van der Waals surface area contributed by atoms with Gasteiger partial charge in [-0.3, -0.25) is 9.63 Å². The molecule has 9 heteroatoms. The highest BCUT2D eigenvalue weighted by Gasteiger charge is 2.29. The fraction of sp³-hybridized carbons (Fsp3) is 0.846. The van der Waals surface area contributed by atoms with Crippen molar-refractivity contribution in [1.82, 2.24) is 5.01 Å². The Balaban J connectivity index is 4.68. The molecule has 0 aromatic heterocycles. The molecular formula is C13H25N3O6. The van der Waals surface area contributed by atoms with E-state index in [1.54, 1.807) is 13.8 Å². The average molecular weight is 319 g/mol. The van der Waals surface area contributed by atoms with Crippen molar-refractivity contribution < 1.29 is 29.2 Å². The topological polar surface area (TPSA) is 114 Å². The molecule has 128 valence electrons. The molecule has 0 aromatic carbocycles. The Bertz CT molecular complexity index is 411. The SMILES string of the molecule is CC(C)C[C@@H](C(=O)O)N(C)/[N+]([O-])=N/OC(C)OC(=O)C(C)C. The van der Waals surface area contributed by atoms with Gasteiger partial charge in [0.2, 0.25) is 5.28 Å². The summed E-state index contributed by atoms with van der Waals surface area (Å²) in [5.41, 5.74) is 0. The minimum Gasteiger partial charge on any atom is -0.569 e. The predicted molar refractivity (Wildman–Crippen MR) is 76.2 cm³/mol. The van der Waals surface area contributed by atoms with Crippen LogP contribution in [0, 0.1) is 17.0 Å². The first-order valence-electron chi connectivity index (χ1n) is 7.06. The molecule has 2 atom stereocenters. The van der Waals surface area contributed by atoms with E-state index in [1.807, 2.05) is 13.8 Å². The zero-order valence-electron chi connectivity index (χ0n) is 13.8. The molecule has 0 fully saturated rings. The maximum atomic E-state index is 11.7. The van der Waals surface area contributed by atoms with Crippen molar-refractivity contribution in [1.29, 1.82) is 0 Å². The minimum absolute atomic E-state index is 0.0286. The number of carbonyl (C=O) groups is 2. The Morgan fingerprint density at radius 1 is 1.27 bits per heavy atom. The smallest absolute Gasteiger partial charge is 0.332 e. The fourth-order valence-electron chi connectivity index (χ4n) is 1.46. The van der Waals surface area contributed by atoms with Gasteiger partial charge < -0.3 is 15.1 Å². The zero-order chi connectivity index (χ0) is 17.4. The maximum absolute atomic E-state index is 11.7. The largest absolute Gasteiger partial charge is 0.569 e. The van der Waals surface area contributed by atoms with Crippen LogP contribution in [0.5, 0.6) is 0 Å². The van der Waals surface area contributed by atoms with Crippen LogP contribution in [0.1, 0.15) is 41.0 Å². The molecule has 0 amide bonds. The number of hydrogen-bond donors (Lipinski definition) is 1. The molecule has 0 saturated heterocycles. The second-order valence-corrected chi connectivity index (χ2v) is 5.66. The summed E-state index contributed by atoms with van der Waals surface area (Å²) in [4.78, 5) is 27.3. The van der Waals surface area contributed by atoms with E-state index in [0.29, 0.717) is 0 Å². The van der Waals surface area contributed by atoms with E-state index in [1.165, 1.54) is 14.0 Å². The molecular weight excluding hydrogens is 294 g/mol. The quantitative estimate of drug-likeness (QED) is 0.226. The van der Waals surface area contributed by atoms with Crippen molar-refractivity contribution in [3.63, 3.8) is 0 Å². The van der Waals surface area contributed by atoms with Gasteiger partial charge in [-0.25, -0.2) is 4.79 Å². The van der Waals surface area contributed by atoms with E-state index >= 15 is 0 Å². The van der Waals surface area contributed by atoms with E-state index < -0.39 is 24.3 Å². The van der Waals surface area contributed by atoms with E-state index in [-0.39, 0.29) is 23.2 Å². The van der Waals surface area contributed by atoms with Crippen molar-refractivity contribution in [2.75, 3.05) is 7.05 Å². The van der Waals surface area contributed by atoms with Crippen molar-refractivity contribution in [2.45, 2.75) is 53.4 Å². The maximum Gasteiger partial charge on any atom is 0.332 e. The second kappa shape index (κ2) is 9.06. The number of rotatable bonds is 9. The van der Waals surface area contributed by atoms with Gasteiger partial charge in [-0.05, 0) is 12.3 Å². The Morgan fingerprint density at radius 3 is 2.23 bits per heavy atom. The van der Waals surface area contributed by atoms with Gasteiger partial charge in [0.15, 0.2) is 6.04 Å². The zero-order valence-corrected chi connectivity index (χ0v) is 13.8. The molecule has 1 N–H and O–H groups in total. The summed E-state index contributed by atoms with van der Waals surface area (Å²) in [7, 11) is 1.30. The third kappa shape index (κ3) is 7.09. The highest BCUT2D eigenvalue weighted by molar-refractivity contribution is 5.73. The van der Waals surface area contributed by atoms with Crippen LogP contribution in [-0.2, 0) is 19.2 Å². The molecule has 9 nitrogen and oxygen atoms in total. The molecule has 0 aliphatic carbocycles. The Labute approximate surface area is 130 Å². The molecule has 0 rings (SSSR count). The van der Waals surface area contributed by atoms with Crippen LogP contribution >= 0.6 is 0 Å². The molecule has 0 aliphatic rings. The van der Waals surface area contributed by atoms with Gasteiger partial charge in [0.1, 0.15) is 0 Å². The molecule has 0 aromatic rings. The second-order valence-electron chi connectivity index (χ2n) is 5.66. The summed E-state index contributed by atoms with van der Waals surface area (Å²) >= 11 is 0. The molecule has 0 spiro atoms. The summed E-state index contributed by atoms with van der Waals surface area (Å²) in [6.07, 6.45) is -0.772. The molecule has 1 unspecified atom stereocenters. The number of ether oxygens (including phenoxy) is 1. The Hall–Kier alpha value is -2.06. The van der Waals surface area contributed by atoms with Gasteiger partial charge in [0.05, 0.1) is 17.9 Å². The van der Waals surface area contributed by atoms with Crippen LogP contribution in [0.25, 0.3) is 0 Å². The minimum atomic E-state index is -1.13. The van der Waals surface area contributed by atoms with Crippen LogP contribution in [0.4, 0.5) is 0 Å². The third-order valence-electron chi connectivity index (χ3n) is 2.72. The first kappa shape index (κ1) is 19.9. The van der Waals surface area contributed by atoms with Crippen molar-refractivity contribution >= 4 is 11.9 Å². The summed E-state index contributed by atoms with van der Waals surface area (Å²) in [6.45, 7) is 8.41. The van der Waals surface area contributed by atoms with Crippen LogP contribution in [-0.4, -0.2) is 46.4 Å². The molecule has 0 radical (unpaired) electrons. The molecule has 0 aliphatic heterocycles. The average Bonchev–Trinajstić information content (AvgIpc) is 2.40. The number of carboxylic acid groups (broad SMARTS) is 1. The van der Waals surface area contributed by atoms with Crippen LogP contribution in [0.2, 0.25) is 0 Å². The lowest BCUT2D eigenvalue weighted by molar-refractivity contribution is -0.712. The predicted octanol–water partition coefficient (Wildman–Crippen LogP) is 1.77. The lowest BCUT2D eigenvalue weighted by Gasteiger charge is -2.22. The van der Waals surface area contributed by atoms with Gasteiger partial charge in [-0.1, -0.05) is 27.7 Å². The first-order valence-corrected chi connectivity index (χ1v) is 7.06. The van der Waals surface area contributed by atoms with Crippen LogP contribution < -0.4 is 0 Å². The van der Waals surface area contributed by atoms with Gasteiger partial charge in [0.25, 0.3) is 6.29 Å². The number of carboxylic acids is 1. The van der Waals surface area contributed by atoms with Gasteiger partial charge in [0, 0.05) is 6.92 Å². The number of esters is 1. The molecule has 0 heterocycles. The number of hydrogen-bond acceptors (Lipinski definition) is 6. The first-order chi connectivity index (χ1) is 10.1. The Kier molecular flexibility index (Phi) is 8.21. The highest BCUT2D eigenvalue weighted by Crippen LogP contribution is 2.11. The molecule has 0 saturated carbocycles. The van der Waals surface area contributed by atoms with Gasteiger partial charge >= 0.3 is 11.9 Å². The summed E-state index contributed by atoms with van der Waals surface area (Å²) < 4.78 is 4.86. The number of nitrogens with zero attached hydrogens (tertiary/aromatic N) is 3. The molecule has 22 heavy (non-hydrogen) atoms. The van der Waals surface area contributed by atoms with Crippen LogP contribution in [0.3, 0.4) is 0 Å². The normalized spacial score (nSPS) is 14.6. The van der Waals surface area contributed by atoms with Crippen LogP contribution in [0.15, 0.2) is 5.28 Å². The number of likely N-dealkylation sites (N-methyl/N-ethyl adjacent to an activating group) is 1. The lowest BCUT2D eigenvalue weighted by atomic mass is 10.0. The van der Waals surface area contributed by atoms with Gasteiger partial charge in [-0.2, -0.15) is 0 Å². The van der Waals surface area contributed by atoms with E-state index in [4.69, 9.17) is 14.7 Å². The summed E-state index contributed by atoms with van der Waals surface area (Å²) in [6, 6.07) is -1.03. The van der Waals surface area contributed by atoms with Crippen molar-refractivity contribution in [2.24, 2.45) is 17.1 Å². The van der Waals surface area contributed by atoms with Crippen molar-refractivity contribution in [3.8, 4) is 0 Å². The fourth-order valence-corrected chi connectivity index (χ4v) is 1.46. The number of carbonyl (C=O) groups excluding carboxylic acids is 1. The number of aliphatic carboxylic acids is 1. The van der Waals surface area contributed by atoms with Crippen molar-refractivity contribution in [3.05, 3.63) is 5.21 Å². The van der Waals surface area contributed by atoms with E-state index in [2.05, 4.69) is 5.28 Å². The summed E-state index contributed by atoms with van der Waals surface area (Å²) in [5, 5.41) is 25.0.